The molecule has 3 rings (SSSR count). The van der Waals surface area contributed by atoms with Crippen molar-refractivity contribution < 1.29 is 19.1 Å². The molecule has 2 atom stereocenters. The molecule has 158 valence electrons. The molecule has 6 nitrogen and oxygen atoms in total. The number of rotatable bonds is 7. The van der Waals surface area contributed by atoms with E-state index in [9.17, 15) is 14.4 Å². The summed E-state index contributed by atoms with van der Waals surface area (Å²) in [4.78, 5) is 37.2. The van der Waals surface area contributed by atoms with Crippen LogP contribution in [0.5, 0.6) is 0 Å². The van der Waals surface area contributed by atoms with Gasteiger partial charge < -0.3 is 15.4 Å². The van der Waals surface area contributed by atoms with Crippen LogP contribution in [0.25, 0.3) is 0 Å². The third kappa shape index (κ3) is 5.57. The first-order chi connectivity index (χ1) is 15.0. The third-order valence-corrected chi connectivity index (χ3v) is 4.96. The number of esters is 1. The Hall–Kier alpha value is -3.93. The maximum Gasteiger partial charge on any atom is 0.310 e. The van der Waals surface area contributed by atoms with Gasteiger partial charge in [0.2, 0.25) is 0 Å². The second-order valence-electron chi connectivity index (χ2n) is 7.07. The third-order valence-electron chi connectivity index (χ3n) is 4.96. The molecule has 2 unspecified atom stereocenters. The number of hydrogen-bond donors (Lipinski definition) is 2. The van der Waals surface area contributed by atoms with Gasteiger partial charge in [-0.1, -0.05) is 48.5 Å². The van der Waals surface area contributed by atoms with Gasteiger partial charge in [-0.15, -0.1) is 0 Å². The maximum absolute atomic E-state index is 12.8. The molecule has 3 aromatic carbocycles. The predicted molar refractivity (Wildman–Crippen MR) is 119 cm³/mol. The van der Waals surface area contributed by atoms with Crippen LogP contribution < -0.4 is 10.6 Å². The number of amides is 2. The number of carbonyl (C=O) groups is 3. The van der Waals surface area contributed by atoms with Gasteiger partial charge in [0.25, 0.3) is 11.8 Å². The quantitative estimate of drug-likeness (QED) is 0.565. The Bertz CT molecular complexity index is 1030. The number of nitrogens with one attached hydrogen (secondary N) is 2. The van der Waals surface area contributed by atoms with Crippen molar-refractivity contribution in [3.05, 3.63) is 102 Å². The van der Waals surface area contributed by atoms with Gasteiger partial charge in [0.1, 0.15) is 0 Å². The Balaban J connectivity index is 1.72. The molecule has 0 aliphatic rings. The second kappa shape index (κ2) is 10.2. The molecule has 0 saturated heterocycles. The van der Waals surface area contributed by atoms with E-state index in [0.29, 0.717) is 16.8 Å². The second-order valence-corrected chi connectivity index (χ2v) is 7.07. The summed E-state index contributed by atoms with van der Waals surface area (Å²) in [6.07, 6.45) is 0. The van der Waals surface area contributed by atoms with E-state index in [1.807, 2.05) is 36.4 Å². The maximum atomic E-state index is 12.8. The summed E-state index contributed by atoms with van der Waals surface area (Å²) >= 11 is 0. The molecule has 0 aromatic heterocycles. The molecular weight excluding hydrogens is 392 g/mol. The summed E-state index contributed by atoms with van der Waals surface area (Å²) in [6, 6.07) is 24.2. The summed E-state index contributed by atoms with van der Waals surface area (Å²) in [5.41, 5.74) is 2.34. The Morgan fingerprint density at radius 3 is 1.87 bits per heavy atom. The fourth-order valence-corrected chi connectivity index (χ4v) is 3.20. The van der Waals surface area contributed by atoms with Gasteiger partial charge in [0, 0.05) is 16.8 Å². The predicted octanol–water partition coefficient (Wildman–Crippen LogP) is 4.22. The standard InChI is InChI=1S/C25H24N2O4/c1-17(25(30)31-2)22(18-9-5-3-6-10-18)27-24(29)20-13-15-21(16-14-20)26-23(28)19-11-7-4-8-12-19/h3-17,22H,1-2H3,(H,26,28)(H,27,29). The molecule has 0 bridgehead atoms. The highest BCUT2D eigenvalue weighted by molar-refractivity contribution is 6.04. The molecule has 2 amide bonds. The summed E-state index contributed by atoms with van der Waals surface area (Å²) in [7, 11) is 1.32. The monoisotopic (exact) mass is 416 g/mol. The van der Waals surface area contributed by atoms with Gasteiger partial charge in [0.05, 0.1) is 19.1 Å². The van der Waals surface area contributed by atoms with Crippen LogP contribution in [-0.2, 0) is 9.53 Å². The van der Waals surface area contributed by atoms with E-state index >= 15 is 0 Å². The zero-order valence-corrected chi connectivity index (χ0v) is 17.4. The van der Waals surface area contributed by atoms with Crippen LogP contribution in [0.2, 0.25) is 0 Å². The number of benzene rings is 3. The molecule has 3 aromatic rings. The Labute approximate surface area is 181 Å². The zero-order valence-electron chi connectivity index (χ0n) is 17.4. The van der Waals surface area contributed by atoms with E-state index in [-0.39, 0.29) is 11.8 Å². The average Bonchev–Trinajstić information content (AvgIpc) is 2.83. The van der Waals surface area contributed by atoms with E-state index < -0.39 is 17.9 Å². The lowest BCUT2D eigenvalue weighted by Crippen LogP contribution is -2.36. The fraction of sp³-hybridized carbons (Fsp3) is 0.160. The first-order valence-electron chi connectivity index (χ1n) is 9.89. The number of hydrogen-bond acceptors (Lipinski definition) is 4. The van der Waals surface area contributed by atoms with Crippen molar-refractivity contribution in [2.75, 3.05) is 12.4 Å². The normalized spacial score (nSPS) is 12.3. The van der Waals surface area contributed by atoms with Crippen LogP contribution >= 0.6 is 0 Å². The van der Waals surface area contributed by atoms with E-state index in [2.05, 4.69) is 10.6 Å². The fourth-order valence-electron chi connectivity index (χ4n) is 3.20. The molecule has 0 radical (unpaired) electrons. The Morgan fingerprint density at radius 2 is 1.29 bits per heavy atom. The molecule has 31 heavy (non-hydrogen) atoms. The molecule has 0 spiro atoms. The highest BCUT2D eigenvalue weighted by atomic mass is 16.5. The number of methoxy groups -OCH3 is 1. The van der Waals surface area contributed by atoms with Crippen molar-refractivity contribution in [2.45, 2.75) is 13.0 Å². The SMILES string of the molecule is COC(=O)C(C)C(NC(=O)c1ccc(NC(=O)c2ccccc2)cc1)c1ccccc1. The minimum absolute atomic E-state index is 0.228. The molecule has 0 saturated carbocycles. The topological polar surface area (TPSA) is 84.5 Å². The summed E-state index contributed by atoms with van der Waals surface area (Å²) in [6.45, 7) is 1.71. The van der Waals surface area contributed by atoms with Gasteiger partial charge in [-0.3, -0.25) is 14.4 Å². The lowest BCUT2D eigenvalue weighted by molar-refractivity contribution is -0.145. The molecule has 6 heteroatoms. The van der Waals surface area contributed by atoms with Crippen molar-refractivity contribution in [3.8, 4) is 0 Å². The lowest BCUT2D eigenvalue weighted by Gasteiger charge is -2.24. The number of carbonyl (C=O) groups excluding carboxylic acids is 3. The molecule has 0 aliphatic carbocycles. The van der Waals surface area contributed by atoms with E-state index in [4.69, 9.17) is 4.74 Å². The molecule has 0 aliphatic heterocycles. The molecular formula is C25H24N2O4. The van der Waals surface area contributed by atoms with Crippen LogP contribution in [0.3, 0.4) is 0 Å². The van der Waals surface area contributed by atoms with Crippen LogP contribution in [0.15, 0.2) is 84.9 Å². The van der Waals surface area contributed by atoms with Crippen LogP contribution in [0.1, 0.15) is 39.2 Å². The van der Waals surface area contributed by atoms with Crippen molar-refractivity contribution >= 4 is 23.5 Å². The summed E-state index contributed by atoms with van der Waals surface area (Å²) < 4.78 is 4.86. The van der Waals surface area contributed by atoms with Gasteiger partial charge >= 0.3 is 5.97 Å². The largest absolute Gasteiger partial charge is 0.469 e. The van der Waals surface area contributed by atoms with E-state index in [1.54, 1.807) is 55.5 Å². The first kappa shape index (κ1) is 21.8. The summed E-state index contributed by atoms with van der Waals surface area (Å²) in [5, 5.41) is 5.72. The van der Waals surface area contributed by atoms with Gasteiger partial charge in [0.15, 0.2) is 0 Å². The molecule has 0 heterocycles. The Morgan fingerprint density at radius 1 is 0.742 bits per heavy atom. The van der Waals surface area contributed by atoms with E-state index in [0.717, 1.165) is 5.56 Å². The molecule has 0 fully saturated rings. The lowest BCUT2D eigenvalue weighted by atomic mass is 9.94. The van der Waals surface area contributed by atoms with E-state index in [1.165, 1.54) is 7.11 Å². The van der Waals surface area contributed by atoms with Crippen LogP contribution in [0, 0.1) is 5.92 Å². The van der Waals surface area contributed by atoms with Crippen LogP contribution in [0.4, 0.5) is 5.69 Å². The van der Waals surface area contributed by atoms with Gasteiger partial charge in [-0.2, -0.15) is 0 Å². The average molecular weight is 416 g/mol. The molecule has 2 N–H and O–H groups in total. The van der Waals surface area contributed by atoms with Crippen molar-refractivity contribution in [3.63, 3.8) is 0 Å². The number of ether oxygens (including phenoxy) is 1. The van der Waals surface area contributed by atoms with Crippen LogP contribution in [-0.4, -0.2) is 24.9 Å². The van der Waals surface area contributed by atoms with Crippen molar-refractivity contribution in [1.29, 1.82) is 0 Å². The van der Waals surface area contributed by atoms with Gasteiger partial charge in [-0.05, 0) is 48.9 Å². The van der Waals surface area contributed by atoms with Gasteiger partial charge in [-0.25, -0.2) is 0 Å². The highest BCUT2D eigenvalue weighted by Gasteiger charge is 2.28. The van der Waals surface area contributed by atoms with Crippen molar-refractivity contribution in [2.24, 2.45) is 5.92 Å². The Kier molecular flexibility index (Phi) is 7.17. The minimum atomic E-state index is -0.569. The highest BCUT2D eigenvalue weighted by Crippen LogP contribution is 2.24. The smallest absolute Gasteiger partial charge is 0.310 e. The number of anilines is 1. The summed E-state index contributed by atoms with van der Waals surface area (Å²) in [5.74, 6) is -1.53. The van der Waals surface area contributed by atoms with Crippen molar-refractivity contribution in [1.82, 2.24) is 5.32 Å². The first-order valence-corrected chi connectivity index (χ1v) is 9.89. The zero-order chi connectivity index (χ0) is 22.2. The minimum Gasteiger partial charge on any atom is -0.469 e.